The van der Waals surface area contributed by atoms with E-state index in [2.05, 4.69) is 5.32 Å². The summed E-state index contributed by atoms with van der Waals surface area (Å²) in [6, 6.07) is 1.81. The van der Waals surface area contributed by atoms with Gasteiger partial charge in [0, 0.05) is 13.6 Å². The summed E-state index contributed by atoms with van der Waals surface area (Å²) in [4.78, 5) is 24.7. The van der Waals surface area contributed by atoms with Crippen LogP contribution in [0.15, 0.2) is 11.4 Å². The molecule has 1 heterocycles. The van der Waals surface area contributed by atoms with E-state index in [-0.39, 0.29) is 5.91 Å². The highest BCUT2D eigenvalue weighted by Gasteiger charge is 2.16. The number of amides is 1. The molecular formula is C12H18N2O3S. The molecule has 0 bridgehead atoms. The number of hydrogen-bond donors (Lipinski definition) is 2. The smallest absolute Gasteiger partial charge is 0.346 e. The van der Waals surface area contributed by atoms with Gasteiger partial charge in [0.1, 0.15) is 4.88 Å². The second-order valence-electron chi connectivity index (χ2n) is 3.96. The van der Waals surface area contributed by atoms with Crippen molar-refractivity contribution >= 4 is 23.2 Å². The van der Waals surface area contributed by atoms with Gasteiger partial charge in [0.15, 0.2) is 0 Å². The first kappa shape index (κ1) is 14.7. The molecule has 0 atom stereocenters. The summed E-state index contributed by atoms with van der Waals surface area (Å²) in [5, 5.41) is 13.4. The number of nitrogens with one attached hydrogen (secondary N) is 1. The number of carbonyl (C=O) groups is 2. The first-order chi connectivity index (χ1) is 8.58. The van der Waals surface area contributed by atoms with E-state index in [1.54, 1.807) is 18.5 Å². The highest BCUT2D eigenvalue weighted by atomic mass is 32.1. The lowest BCUT2D eigenvalue weighted by Crippen LogP contribution is -2.35. The fourth-order valence-corrected chi connectivity index (χ4v) is 2.45. The Morgan fingerprint density at radius 1 is 1.50 bits per heavy atom. The van der Waals surface area contributed by atoms with Crippen molar-refractivity contribution in [1.82, 2.24) is 10.2 Å². The summed E-state index contributed by atoms with van der Waals surface area (Å²) in [5.74, 6) is -0.966. The minimum absolute atomic E-state index is 0.0597. The first-order valence-corrected chi connectivity index (χ1v) is 6.69. The van der Waals surface area contributed by atoms with Gasteiger partial charge in [0.05, 0.1) is 6.54 Å². The van der Waals surface area contributed by atoms with E-state index >= 15 is 0 Å². The minimum Gasteiger partial charge on any atom is -0.477 e. The van der Waals surface area contributed by atoms with Crippen molar-refractivity contribution in [3.63, 3.8) is 0 Å². The number of hydrogen-bond acceptors (Lipinski definition) is 4. The highest BCUT2D eigenvalue weighted by Crippen LogP contribution is 2.18. The number of carboxylic acid groups (broad SMARTS) is 1. The molecule has 1 aromatic rings. The van der Waals surface area contributed by atoms with Crippen LogP contribution in [0.2, 0.25) is 0 Å². The number of carbonyl (C=O) groups excluding carboxylic acids is 1. The van der Waals surface area contributed by atoms with Crippen LogP contribution in [0.25, 0.3) is 0 Å². The molecule has 5 nitrogen and oxygen atoms in total. The Labute approximate surface area is 110 Å². The molecule has 0 aromatic carbocycles. The van der Waals surface area contributed by atoms with Gasteiger partial charge in [-0.05, 0) is 30.0 Å². The average Bonchev–Trinajstić information content (AvgIpc) is 2.77. The molecule has 0 saturated heterocycles. The van der Waals surface area contributed by atoms with Crippen LogP contribution in [-0.2, 0) is 11.3 Å². The number of rotatable bonds is 7. The van der Waals surface area contributed by atoms with Gasteiger partial charge in [-0.15, -0.1) is 11.3 Å². The molecule has 18 heavy (non-hydrogen) atoms. The molecule has 1 amide bonds. The lowest BCUT2D eigenvalue weighted by Gasteiger charge is -2.20. The number of thiophene rings is 1. The number of aromatic carboxylic acids is 1. The van der Waals surface area contributed by atoms with Crippen LogP contribution in [0, 0.1) is 0 Å². The molecule has 0 aliphatic carbocycles. The second kappa shape index (κ2) is 7.13. The van der Waals surface area contributed by atoms with Gasteiger partial charge in [0.25, 0.3) is 0 Å². The Morgan fingerprint density at radius 2 is 2.22 bits per heavy atom. The fraction of sp³-hybridized carbons (Fsp3) is 0.500. The molecule has 0 aliphatic rings. The largest absolute Gasteiger partial charge is 0.477 e. The van der Waals surface area contributed by atoms with Crippen LogP contribution in [-0.4, -0.2) is 42.0 Å². The molecule has 2 N–H and O–H groups in total. The quantitative estimate of drug-likeness (QED) is 0.786. The van der Waals surface area contributed by atoms with E-state index in [1.807, 2.05) is 11.8 Å². The van der Waals surface area contributed by atoms with Crippen LogP contribution in [0.1, 0.15) is 28.6 Å². The Bertz CT molecular complexity index is 417. The fourth-order valence-electron chi connectivity index (χ4n) is 1.70. The maximum atomic E-state index is 11.4. The van der Waals surface area contributed by atoms with Crippen LogP contribution in [0.4, 0.5) is 0 Å². The summed E-state index contributed by atoms with van der Waals surface area (Å²) in [6.07, 6.45) is 0.920. The van der Waals surface area contributed by atoms with Gasteiger partial charge in [-0.1, -0.05) is 6.92 Å². The maximum absolute atomic E-state index is 11.4. The average molecular weight is 270 g/mol. The second-order valence-corrected chi connectivity index (χ2v) is 4.88. The Morgan fingerprint density at radius 3 is 2.78 bits per heavy atom. The van der Waals surface area contributed by atoms with E-state index in [0.717, 1.165) is 18.5 Å². The highest BCUT2D eigenvalue weighted by molar-refractivity contribution is 7.12. The van der Waals surface area contributed by atoms with E-state index in [0.29, 0.717) is 18.0 Å². The minimum atomic E-state index is -0.906. The maximum Gasteiger partial charge on any atom is 0.346 e. The van der Waals surface area contributed by atoms with Crippen molar-refractivity contribution in [2.24, 2.45) is 0 Å². The monoisotopic (exact) mass is 270 g/mol. The zero-order valence-electron chi connectivity index (χ0n) is 10.6. The molecule has 0 aliphatic heterocycles. The first-order valence-electron chi connectivity index (χ1n) is 5.81. The molecule has 0 radical (unpaired) electrons. The molecule has 0 fully saturated rings. The lowest BCUT2D eigenvalue weighted by atomic mass is 10.2. The number of likely N-dealkylation sites (N-methyl/N-ethyl adjacent to an activating group) is 1. The lowest BCUT2D eigenvalue weighted by molar-refractivity contribution is -0.121. The van der Waals surface area contributed by atoms with Gasteiger partial charge < -0.3 is 10.4 Å². The molecule has 1 aromatic heterocycles. The van der Waals surface area contributed by atoms with Crippen molar-refractivity contribution in [2.45, 2.75) is 19.9 Å². The van der Waals surface area contributed by atoms with Gasteiger partial charge in [-0.3, -0.25) is 9.69 Å². The molecule has 0 spiro atoms. The van der Waals surface area contributed by atoms with Crippen molar-refractivity contribution in [3.8, 4) is 0 Å². The summed E-state index contributed by atoms with van der Waals surface area (Å²) < 4.78 is 0. The van der Waals surface area contributed by atoms with Crippen molar-refractivity contribution in [1.29, 1.82) is 0 Å². The third kappa shape index (κ3) is 4.12. The van der Waals surface area contributed by atoms with Crippen molar-refractivity contribution in [3.05, 3.63) is 21.9 Å². The zero-order chi connectivity index (χ0) is 13.5. The van der Waals surface area contributed by atoms with Crippen molar-refractivity contribution in [2.75, 3.05) is 20.1 Å². The number of carboxylic acids is 1. The molecular weight excluding hydrogens is 252 g/mol. The zero-order valence-corrected chi connectivity index (χ0v) is 11.4. The van der Waals surface area contributed by atoms with Crippen LogP contribution in [0.3, 0.4) is 0 Å². The predicted octanol–water partition coefficient (Wildman–Crippen LogP) is 1.40. The van der Waals surface area contributed by atoms with E-state index in [1.165, 1.54) is 11.3 Å². The topological polar surface area (TPSA) is 69.6 Å². The van der Waals surface area contributed by atoms with Gasteiger partial charge >= 0.3 is 5.97 Å². The van der Waals surface area contributed by atoms with Crippen LogP contribution < -0.4 is 5.32 Å². The van der Waals surface area contributed by atoms with Crippen LogP contribution >= 0.6 is 11.3 Å². The standard InChI is InChI=1S/C12H18N2O3S/c1-3-5-14(8-10(15)13-2)7-9-4-6-18-11(9)12(16)17/h4,6H,3,5,7-8H2,1-2H3,(H,13,15)(H,16,17). The van der Waals surface area contributed by atoms with E-state index in [9.17, 15) is 9.59 Å². The summed E-state index contributed by atoms with van der Waals surface area (Å²) in [6.45, 7) is 3.58. The molecule has 0 unspecified atom stereocenters. The molecule has 1 rings (SSSR count). The number of nitrogens with zero attached hydrogens (tertiary/aromatic N) is 1. The van der Waals surface area contributed by atoms with E-state index in [4.69, 9.17) is 5.11 Å². The Balaban J connectivity index is 2.73. The van der Waals surface area contributed by atoms with Crippen LogP contribution in [0.5, 0.6) is 0 Å². The third-order valence-corrected chi connectivity index (χ3v) is 3.47. The SMILES string of the molecule is CCCN(CC(=O)NC)Cc1ccsc1C(=O)O. The van der Waals surface area contributed by atoms with Gasteiger partial charge in [-0.2, -0.15) is 0 Å². The van der Waals surface area contributed by atoms with Gasteiger partial charge in [0.2, 0.25) is 5.91 Å². The van der Waals surface area contributed by atoms with Crippen molar-refractivity contribution < 1.29 is 14.7 Å². The molecule has 100 valence electrons. The third-order valence-electron chi connectivity index (χ3n) is 2.52. The summed E-state index contributed by atoms with van der Waals surface area (Å²) in [7, 11) is 1.60. The summed E-state index contributed by atoms with van der Waals surface area (Å²) in [5.41, 5.74) is 0.768. The Kier molecular flexibility index (Phi) is 5.80. The Hall–Kier alpha value is -1.40. The van der Waals surface area contributed by atoms with Gasteiger partial charge in [-0.25, -0.2) is 4.79 Å². The molecule has 0 saturated carbocycles. The predicted molar refractivity (Wildman–Crippen MR) is 70.9 cm³/mol. The summed E-state index contributed by atoms with van der Waals surface area (Å²) >= 11 is 1.22. The van der Waals surface area contributed by atoms with E-state index < -0.39 is 5.97 Å². The molecule has 6 heteroatoms. The normalized spacial score (nSPS) is 10.6.